The van der Waals surface area contributed by atoms with E-state index < -0.39 is 0 Å². The third-order valence-corrected chi connectivity index (χ3v) is 4.87. The maximum Gasteiger partial charge on any atom is 0.0641 e. The van der Waals surface area contributed by atoms with Crippen LogP contribution in [0.2, 0.25) is 0 Å². The first-order chi connectivity index (χ1) is 9.54. The average Bonchev–Trinajstić information content (AvgIpc) is 2.71. The molecule has 3 nitrogen and oxygen atoms in total. The second-order valence-corrected chi connectivity index (χ2v) is 6.65. The van der Waals surface area contributed by atoms with Crippen LogP contribution >= 0.6 is 0 Å². The van der Waals surface area contributed by atoms with Gasteiger partial charge in [0.05, 0.1) is 11.7 Å². The summed E-state index contributed by atoms with van der Waals surface area (Å²) in [4.78, 5) is 0. The molecule has 0 aromatic carbocycles. The Hall–Kier alpha value is -0.830. The fraction of sp³-hybridized carbons (Fsp3) is 0.824. The molecule has 1 N–H and O–H groups in total. The molecule has 1 aromatic rings. The van der Waals surface area contributed by atoms with Crippen LogP contribution in [0.5, 0.6) is 0 Å². The van der Waals surface area contributed by atoms with Gasteiger partial charge in [-0.05, 0) is 32.6 Å². The molecule has 114 valence electrons. The zero-order valence-corrected chi connectivity index (χ0v) is 13.9. The van der Waals surface area contributed by atoms with E-state index in [0.717, 1.165) is 12.5 Å². The standard InChI is InChI=1S/C17H31N3/c1-6-15-9-7-8-10-17(15)20-14(5)16(13(4)19-20)11-18-12(2)3/h12,15,17-18H,6-11H2,1-5H3. The first-order valence-electron chi connectivity index (χ1n) is 8.32. The minimum atomic E-state index is 0.523. The number of aryl methyl sites for hydroxylation is 1. The largest absolute Gasteiger partial charge is 0.310 e. The predicted molar refractivity (Wildman–Crippen MR) is 85.0 cm³/mol. The van der Waals surface area contributed by atoms with Crippen LogP contribution in [0.3, 0.4) is 0 Å². The van der Waals surface area contributed by atoms with E-state index in [1.807, 2.05) is 0 Å². The molecule has 0 saturated heterocycles. The number of nitrogens with zero attached hydrogens (tertiary/aromatic N) is 2. The van der Waals surface area contributed by atoms with E-state index in [-0.39, 0.29) is 0 Å². The quantitative estimate of drug-likeness (QED) is 0.876. The number of aromatic nitrogens is 2. The van der Waals surface area contributed by atoms with Crippen LogP contribution in [0.15, 0.2) is 0 Å². The molecule has 1 aliphatic carbocycles. The van der Waals surface area contributed by atoms with Gasteiger partial charge in [-0.25, -0.2) is 0 Å². The molecule has 0 amide bonds. The Labute approximate surface area is 124 Å². The molecule has 2 rings (SSSR count). The van der Waals surface area contributed by atoms with Crippen molar-refractivity contribution >= 4 is 0 Å². The van der Waals surface area contributed by atoms with E-state index in [1.54, 1.807) is 0 Å². The van der Waals surface area contributed by atoms with E-state index in [2.05, 4.69) is 44.6 Å². The lowest BCUT2D eigenvalue weighted by atomic mass is 9.83. The number of hydrogen-bond donors (Lipinski definition) is 1. The zero-order valence-electron chi connectivity index (χ0n) is 13.9. The van der Waals surface area contributed by atoms with E-state index in [1.165, 1.54) is 49.1 Å². The highest BCUT2D eigenvalue weighted by Gasteiger charge is 2.28. The summed E-state index contributed by atoms with van der Waals surface area (Å²) in [5, 5.41) is 8.42. The van der Waals surface area contributed by atoms with Crippen LogP contribution in [0.4, 0.5) is 0 Å². The number of rotatable bonds is 5. The van der Waals surface area contributed by atoms with Gasteiger partial charge in [-0.15, -0.1) is 0 Å². The highest BCUT2D eigenvalue weighted by Crippen LogP contribution is 2.37. The van der Waals surface area contributed by atoms with Crippen molar-refractivity contribution in [1.29, 1.82) is 0 Å². The van der Waals surface area contributed by atoms with Crippen molar-refractivity contribution in [3.63, 3.8) is 0 Å². The van der Waals surface area contributed by atoms with E-state index in [9.17, 15) is 0 Å². The van der Waals surface area contributed by atoms with Crippen molar-refractivity contribution < 1.29 is 0 Å². The fourth-order valence-corrected chi connectivity index (χ4v) is 3.57. The second kappa shape index (κ2) is 6.75. The maximum atomic E-state index is 4.89. The summed E-state index contributed by atoms with van der Waals surface area (Å²) < 4.78 is 2.35. The molecule has 1 aliphatic rings. The van der Waals surface area contributed by atoms with Crippen LogP contribution in [-0.4, -0.2) is 15.8 Å². The molecule has 20 heavy (non-hydrogen) atoms. The third kappa shape index (κ3) is 3.25. The van der Waals surface area contributed by atoms with Crippen molar-refractivity contribution in [3.05, 3.63) is 17.0 Å². The SMILES string of the molecule is CCC1CCCCC1n1nc(C)c(CNC(C)C)c1C. The van der Waals surface area contributed by atoms with Crippen molar-refractivity contribution in [2.45, 2.75) is 85.4 Å². The smallest absolute Gasteiger partial charge is 0.0641 e. The molecule has 1 saturated carbocycles. The normalized spacial score (nSPS) is 23.5. The summed E-state index contributed by atoms with van der Waals surface area (Å²) >= 11 is 0. The van der Waals surface area contributed by atoms with Crippen LogP contribution in [0, 0.1) is 19.8 Å². The minimum Gasteiger partial charge on any atom is -0.310 e. The molecular weight excluding hydrogens is 246 g/mol. The van der Waals surface area contributed by atoms with Crippen LogP contribution in [-0.2, 0) is 6.54 Å². The highest BCUT2D eigenvalue weighted by atomic mass is 15.3. The molecule has 3 heteroatoms. The van der Waals surface area contributed by atoms with Gasteiger partial charge in [-0.1, -0.05) is 40.0 Å². The highest BCUT2D eigenvalue weighted by molar-refractivity contribution is 5.25. The number of hydrogen-bond acceptors (Lipinski definition) is 2. The molecule has 0 bridgehead atoms. The van der Waals surface area contributed by atoms with Gasteiger partial charge in [-0.2, -0.15) is 5.10 Å². The third-order valence-electron chi connectivity index (χ3n) is 4.87. The molecule has 0 spiro atoms. The van der Waals surface area contributed by atoms with Crippen molar-refractivity contribution in [2.75, 3.05) is 0 Å². The zero-order chi connectivity index (χ0) is 14.7. The van der Waals surface area contributed by atoms with E-state index in [0.29, 0.717) is 12.1 Å². The van der Waals surface area contributed by atoms with E-state index in [4.69, 9.17) is 5.10 Å². The Morgan fingerprint density at radius 3 is 2.60 bits per heavy atom. The lowest BCUT2D eigenvalue weighted by Gasteiger charge is -2.32. The average molecular weight is 277 g/mol. The Morgan fingerprint density at radius 2 is 1.95 bits per heavy atom. The summed E-state index contributed by atoms with van der Waals surface area (Å²) in [6.07, 6.45) is 6.72. The summed E-state index contributed by atoms with van der Waals surface area (Å²) in [6.45, 7) is 12.1. The van der Waals surface area contributed by atoms with Gasteiger partial charge in [0.15, 0.2) is 0 Å². The Bertz CT molecular complexity index is 434. The van der Waals surface area contributed by atoms with Gasteiger partial charge in [0.2, 0.25) is 0 Å². The van der Waals surface area contributed by atoms with Gasteiger partial charge >= 0.3 is 0 Å². The van der Waals surface area contributed by atoms with E-state index >= 15 is 0 Å². The second-order valence-electron chi connectivity index (χ2n) is 6.65. The molecule has 2 atom stereocenters. The molecule has 1 fully saturated rings. The molecule has 0 aliphatic heterocycles. The molecule has 2 unspecified atom stereocenters. The first-order valence-corrected chi connectivity index (χ1v) is 8.32. The number of nitrogens with one attached hydrogen (secondary N) is 1. The maximum absolute atomic E-state index is 4.89. The van der Waals surface area contributed by atoms with Gasteiger partial charge in [0.25, 0.3) is 0 Å². The molecular formula is C17H31N3. The summed E-state index contributed by atoms with van der Waals surface area (Å²) in [5.74, 6) is 0.813. The lowest BCUT2D eigenvalue weighted by Crippen LogP contribution is -2.25. The van der Waals surface area contributed by atoms with Crippen LogP contribution in [0.25, 0.3) is 0 Å². The lowest BCUT2D eigenvalue weighted by molar-refractivity contribution is 0.214. The molecule has 1 heterocycles. The summed E-state index contributed by atoms with van der Waals surface area (Å²) in [7, 11) is 0. The first kappa shape index (κ1) is 15.6. The van der Waals surface area contributed by atoms with Crippen molar-refractivity contribution in [1.82, 2.24) is 15.1 Å². The van der Waals surface area contributed by atoms with Crippen LogP contribution in [0.1, 0.15) is 75.9 Å². The molecule has 0 radical (unpaired) electrons. The van der Waals surface area contributed by atoms with Gasteiger partial charge < -0.3 is 5.32 Å². The van der Waals surface area contributed by atoms with Gasteiger partial charge in [-0.3, -0.25) is 4.68 Å². The van der Waals surface area contributed by atoms with Crippen LogP contribution < -0.4 is 5.32 Å². The summed E-state index contributed by atoms with van der Waals surface area (Å²) in [5.41, 5.74) is 3.98. The van der Waals surface area contributed by atoms with Crippen molar-refractivity contribution in [3.8, 4) is 0 Å². The molecule has 1 aromatic heterocycles. The topological polar surface area (TPSA) is 29.9 Å². The monoisotopic (exact) mass is 277 g/mol. The fourth-order valence-electron chi connectivity index (χ4n) is 3.57. The van der Waals surface area contributed by atoms with Gasteiger partial charge in [0, 0.05) is 23.8 Å². The Kier molecular flexibility index (Phi) is 5.25. The summed E-state index contributed by atoms with van der Waals surface area (Å²) in [6, 6.07) is 1.15. The van der Waals surface area contributed by atoms with Crippen molar-refractivity contribution in [2.24, 2.45) is 5.92 Å². The minimum absolute atomic E-state index is 0.523. The Morgan fingerprint density at radius 1 is 1.25 bits per heavy atom. The predicted octanol–water partition coefficient (Wildman–Crippen LogP) is 4.14. The van der Waals surface area contributed by atoms with Gasteiger partial charge in [0.1, 0.15) is 0 Å². The Balaban J connectivity index is 2.21.